The van der Waals surface area contributed by atoms with Crippen LogP contribution in [0.3, 0.4) is 0 Å². The third-order valence-corrected chi connectivity index (χ3v) is 3.74. The third-order valence-electron chi connectivity index (χ3n) is 3.74. The summed E-state index contributed by atoms with van der Waals surface area (Å²) in [6.07, 6.45) is 1.43. The number of nitrogens with one attached hydrogen (secondary N) is 1. The van der Waals surface area contributed by atoms with Crippen LogP contribution in [0.1, 0.15) is 13.8 Å². The Morgan fingerprint density at radius 3 is 2.58 bits per heavy atom. The predicted octanol–water partition coefficient (Wildman–Crippen LogP) is 0.383. The van der Waals surface area contributed by atoms with E-state index in [0.717, 1.165) is 5.56 Å². The Morgan fingerprint density at radius 2 is 1.96 bits per heavy atom. The van der Waals surface area contributed by atoms with Crippen molar-refractivity contribution in [2.75, 3.05) is 13.1 Å². The molecule has 1 aromatic carbocycles. The number of hydrogen-bond acceptors (Lipinski definition) is 5. The van der Waals surface area contributed by atoms with Crippen molar-refractivity contribution in [3.05, 3.63) is 36.7 Å². The van der Waals surface area contributed by atoms with E-state index in [4.69, 9.17) is 0 Å². The van der Waals surface area contributed by atoms with Crippen LogP contribution in [0.25, 0.3) is 11.4 Å². The highest BCUT2D eigenvalue weighted by molar-refractivity contribution is 5.83. The zero-order valence-corrected chi connectivity index (χ0v) is 14.6. The molecule has 0 aliphatic heterocycles. The van der Waals surface area contributed by atoms with Crippen LogP contribution in [-0.2, 0) is 20.9 Å². The van der Waals surface area contributed by atoms with Gasteiger partial charge in [-0.3, -0.25) is 9.59 Å². The molecule has 138 valence electrons. The predicted molar refractivity (Wildman–Crippen MR) is 93.0 cm³/mol. The lowest BCUT2D eigenvalue weighted by atomic mass is 10.2. The first-order valence-corrected chi connectivity index (χ1v) is 8.10. The molecule has 0 saturated carbocycles. The molecule has 2 rings (SSSR count). The van der Waals surface area contributed by atoms with Crippen molar-refractivity contribution < 1.29 is 19.5 Å². The molecule has 9 heteroatoms. The molecule has 0 radical (unpaired) electrons. The lowest BCUT2D eigenvalue weighted by Gasteiger charge is -2.26. The molecule has 2 aromatic rings. The molecule has 2 N–H and O–H groups in total. The number of amides is 2. The summed E-state index contributed by atoms with van der Waals surface area (Å²) in [4.78, 5) is 40.2. The summed E-state index contributed by atoms with van der Waals surface area (Å²) in [5.74, 6) is -1.31. The number of aliphatic carboxylic acids is 1. The van der Waals surface area contributed by atoms with E-state index in [0.29, 0.717) is 5.82 Å². The Morgan fingerprint density at radius 1 is 1.27 bits per heavy atom. The summed E-state index contributed by atoms with van der Waals surface area (Å²) >= 11 is 0. The normalized spacial score (nSPS) is 11.6. The first-order chi connectivity index (χ1) is 12.4. The van der Waals surface area contributed by atoms with Crippen LogP contribution in [0.5, 0.6) is 0 Å². The van der Waals surface area contributed by atoms with Crippen molar-refractivity contribution in [2.24, 2.45) is 0 Å². The number of aromatic nitrogens is 3. The number of carboxylic acid groups (broad SMARTS) is 1. The van der Waals surface area contributed by atoms with Crippen LogP contribution >= 0.6 is 0 Å². The summed E-state index contributed by atoms with van der Waals surface area (Å²) in [5.41, 5.74) is 0.820. The van der Waals surface area contributed by atoms with E-state index in [1.54, 1.807) is 0 Å². The largest absolute Gasteiger partial charge is 0.480 e. The SMILES string of the molecule is CC(=O)NCCN(C(=O)Cn1cnc(-c2ccccc2)n1)C(C)C(=O)O. The van der Waals surface area contributed by atoms with Crippen LogP contribution < -0.4 is 5.32 Å². The van der Waals surface area contributed by atoms with Gasteiger partial charge in [0.05, 0.1) is 0 Å². The quantitative estimate of drug-likeness (QED) is 0.704. The second-order valence-corrected chi connectivity index (χ2v) is 5.72. The summed E-state index contributed by atoms with van der Waals surface area (Å²) in [7, 11) is 0. The van der Waals surface area contributed by atoms with Crippen molar-refractivity contribution in [1.82, 2.24) is 25.0 Å². The molecule has 1 aromatic heterocycles. The molecule has 26 heavy (non-hydrogen) atoms. The first-order valence-electron chi connectivity index (χ1n) is 8.10. The van der Waals surface area contributed by atoms with Gasteiger partial charge in [-0.1, -0.05) is 30.3 Å². The van der Waals surface area contributed by atoms with E-state index >= 15 is 0 Å². The van der Waals surface area contributed by atoms with Crippen molar-refractivity contribution in [3.63, 3.8) is 0 Å². The van der Waals surface area contributed by atoms with E-state index in [2.05, 4.69) is 15.4 Å². The minimum atomic E-state index is -1.12. The molecule has 0 aliphatic carbocycles. The highest BCUT2D eigenvalue weighted by Crippen LogP contribution is 2.13. The highest BCUT2D eigenvalue weighted by atomic mass is 16.4. The fourth-order valence-corrected chi connectivity index (χ4v) is 2.34. The Kier molecular flexibility index (Phi) is 6.42. The van der Waals surface area contributed by atoms with E-state index in [9.17, 15) is 19.5 Å². The summed E-state index contributed by atoms with van der Waals surface area (Å²) in [5, 5.41) is 16.0. The topological polar surface area (TPSA) is 117 Å². The average Bonchev–Trinajstić information content (AvgIpc) is 3.07. The van der Waals surface area contributed by atoms with Gasteiger partial charge in [0.1, 0.15) is 18.9 Å². The zero-order chi connectivity index (χ0) is 19.1. The van der Waals surface area contributed by atoms with Gasteiger partial charge in [0, 0.05) is 25.6 Å². The monoisotopic (exact) mass is 359 g/mol. The minimum absolute atomic E-state index is 0.0894. The molecular weight excluding hydrogens is 338 g/mol. The molecule has 0 saturated heterocycles. The first kappa shape index (κ1) is 19.1. The van der Waals surface area contributed by atoms with Crippen LogP contribution in [-0.4, -0.2) is 61.7 Å². The number of benzene rings is 1. The summed E-state index contributed by atoms with van der Waals surface area (Å²) in [6.45, 7) is 2.90. The number of hydrogen-bond donors (Lipinski definition) is 2. The Hall–Kier alpha value is -3.23. The van der Waals surface area contributed by atoms with Gasteiger partial charge in [0.25, 0.3) is 0 Å². The molecule has 2 amide bonds. The standard InChI is InChI=1S/C17H21N5O4/c1-12(17(25)26)22(9-8-18-13(2)23)15(24)10-21-11-19-16(20-21)14-6-4-3-5-7-14/h3-7,11-12H,8-10H2,1-2H3,(H,18,23)(H,25,26). The molecule has 1 heterocycles. The smallest absolute Gasteiger partial charge is 0.326 e. The maximum atomic E-state index is 12.5. The lowest BCUT2D eigenvalue weighted by molar-refractivity contribution is -0.149. The third kappa shape index (κ3) is 5.13. The van der Waals surface area contributed by atoms with Crippen molar-refractivity contribution >= 4 is 17.8 Å². The zero-order valence-electron chi connectivity index (χ0n) is 14.6. The summed E-state index contributed by atoms with van der Waals surface area (Å²) < 4.78 is 1.37. The molecule has 9 nitrogen and oxygen atoms in total. The lowest BCUT2D eigenvalue weighted by Crippen LogP contribution is -2.48. The van der Waals surface area contributed by atoms with Crippen LogP contribution in [0.4, 0.5) is 0 Å². The Labute approximate surface area is 150 Å². The van der Waals surface area contributed by atoms with E-state index in [-0.39, 0.29) is 25.5 Å². The highest BCUT2D eigenvalue weighted by Gasteiger charge is 2.25. The van der Waals surface area contributed by atoms with Gasteiger partial charge >= 0.3 is 5.97 Å². The number of rotatable bonds is 8. The minimum Gasteiger partial charge on any atom is -0.480 e. The average molecular weight is 359 g/mol. The maximum absolute atomic E-state index is 12.5. The van der Waals surface area contributed by atoms with Gasteiger partial charge in [0.15, 0.2) is 5.82 Å². The van der Waals surface area contributed by atoms with Crippen molar-refractivity contribution in [1.29, 1.82) is 0 Å². The number of carboxylic acids is 1. The Bertz CT molecular complexity index is 774. The van der Waals surface area contributed by atoms with Crippen LogP contribution in [0.15, 0.2) is 36.7 Å². The molecule has 0 spiro atoms. The van der Waals surface area contributed by atoms with Crippen LogP contribution in [0.2, 0.25) is 0 Å². The van der Waals surface area contributed by atoms with Gasteiger partial charge in [-0.15, -0.1) is 0 Å². The molecular formula is C17H21N5O4. The maximum Gasteiger partial charge on any atom is 0.326 e. The van der Waals surface area contributed by atoms with Crippen LogP contribution in [0, 0.1) is 0 Å². The number of carbonyl (C=O) groups excluding carboxylic acids is 2. The molecule has 1 atom stereocenters. The summed E-state index contributed by atoms with van der Waals surface area (Å²) in [6, 6.07) is 8.29. The van der Waals surface area contributed by atoms with Crippen molar-refractivity contribution in [3.8, 4) is 11.4 Å². The van der Waals surface area contributed by atoms with Gasteiger partial charge < -0.3 is 15.3 Å². The van der Waals surface area contributed by atoms with E-state index in [1.165, 1.54) is 29.8 Å². The van der Waals surface area contributed by atoms with Gasteiger partial charge in [-0.05, 0) is 6.92 Å². The van der Waals surface area contributed by atoms with E-state index in [1.807, 2.05) is 30.3 Å². The molecule has 0 aliphatic rings. The Balaban J connectivity index is 2.07. The van der Waals surface area contributed by atoms with E-state index < -0.39 is 17.9 Å². The van der Waals surface area contributed by atoms with Crippen molar-refractivity contribution in [2.45, 2.75) is 26.4 Å². The second kappa shape index (κ2) is 8.75. The number of carbonyl (C=O) groups is 3. The fraction of sp³-hybridized carbons (Fsp3) is 0.353. The molecule has 0 fully saturated rings. The number of nitrogens with zero attached hydrogens (tertiary/aromatic N) is 4. The van der Waals surface area contributed by atoms with Gasteiger partial charge in [-0.25, -0.2) is 14.5 Å². The fourth-order valence-electron chi connectivity index (χ4n) is 2.34. The van der Waals surface area contributed by atoms with Gasteiger partial charge in [-0.2, -0.15) is 5.10 Å². The molecule has 0 bridgehead atoms. The second-order valence-electron chi connectivity index (χ2n) is 5.72. The molecule has 1 unspecified atom stereocenters. The van der Waals surface area contributed by atoms with Gasteiger partial charge in [0.2, 0.25) is 11.8 Å².